The van der Waals surface area contributed by atoms with E-state index in [2.05, 4.69) is 0 Å². The maximum absolute atomic E-state index is 12.4. The molecule has 3 rings (SSSR count). The molecular formula is C12H12ClN3O3. The first-order valence-electron chi connectivity index (χ1n) is 5.94. The van der Waals surface area contributed by atoms with Crippen molar-refractivity contribution in [3.63, 3.8) is 0 Å². The van der Waals surface area contributed by atoms with Crippen molar-refractivity contribution in [2.45, 2.75) is 0 Å². The number of hydrogen-bond donors (Lipinski definition) is 0. The monoisotopic (exact) mass is 281 g/mol. The summed E-state index contributed by atoms with van der Waals surface area (Å²) < 4.78 is 6.69. The van der Waals surface area contributed by atoms with Gasteiger partial charge >= 0.3 is 0 Å². The number of hydrogen-bond acceptors (Lipinski definition) is 4. The van der Waals surface area contributed by atoms with E-state index in [0.717, 1.165) is 4.73 Å². The van der Waals surface area contributed by atoms with Gasteiger partial charge in [-0.15, -0.1) is 0 Å². The molecule has 0 amide bonds. The van der Waals surface area contributed by atoms with Gasteiger partial charge in [0.1, 0.15) is 5.52 Å². The Hall–Kier alpha value is -1.79. The third-order valence-corrected chi connectivity index (χ3v) is 3.40. The molecule has 1 aromatic heterocycles. The molecule has 0 spiro atoms. The second-order valence-electron chi connectivity index (χ2n) is 4.34. The van der Waals surface area contributed by atoms with Crippen LogP contribution in [0.4, 0.5) is 5.82 Å². The Morgan fingerprint density at radius 3 is 2.79 bits per heavy atom. The lowest BCUT2D eigenvalue weighted by atomic mass is 10.3. The molecule has 1 aliphatic heterocycles. The van der Waals surface area contributed by atoms with Crippen molar-refractivity contribution < 1.29 is 9.16 Å². The molecule has 7 heteroatoms. The van der Waals surface area contributed by atoms with E-state index in [4.69, 9.17) is 16.3 Å². The summed E-state index contributed by atoms with van der Waals surface area (Å²) in [7, 11) is 0. The first-order chi connectivity index (χ1) is 9.16. The fraction of sp³-hybridized carbons (Fsp3) is 0.333. The number of aromatic nitrogens is 2. The van der Waals surface area contributed by atoms with Crippen LogP contribution < -0.4 is 9.33 Å². The van der Waals surface area contributed by atoms with Crippen molar-refractivity contribution in [3.8, 4) is 0 Å². The number of ether oxygens (including phenoxy) is 1. The predicted molar refractivity (Wildman–Crippen MR) is 72.1 cm³/mol. The smallest absolute Gasteiger partial charge is 0.286 e. The van der Waals surface area contributed by atoms with Gasteiger partial charge in [0, 0.05) is 29.1 Å². The number of nitrogens with zero attached hydrogens (tertiary/aromatic N) is 3. The van der Waals surface area contributed by atoms with Crippen LogP contribution in [0.2, 0.25) is 5.02 Å². The van der Waals surface area contributed by atoms with E-state index < -0.39 is 0 Å². The van der Waals surface area contributed by atoms with E-state index in [0.29, 0.717) is 47.1 Å². The molecule has 2 aromatic rings. The van der Waals surface area contributed by atoms with Gasteiger partial charge in [-0.05, 0) is 12.1 Å². The van der Waals surface area contributed by atoms with Crippen LogP contribution in [-0.2, 0) is 4.74 Å². The van der Waals surface area contributed by atoms with Crippen LogP contribution in [0.25, 0.3) is 11.0 Å². The number of anilines is 1. The number of fused-ring (bicyclic) bond motifs is 1. The van der Waals surface area contributed by atoms with Gasteiger partial charge in [0.2, 0.25) is 0 Å². The number of halogens is 1. The molecule has 19 heavy (non-hydrogen) atoms. The van der Waals surface area contributed by atoms with Crippen molar-refractivity contribution in [1.29, 1.82) is 0 Å². The highest BCUT2D eigenvalue weighted by Crippen LogP contribution is 2.21. The molecule has 0 unspecified atom stereocenters. The highest BCUT2D eigenvalue weighted by molar-refractivity contribution is 6.31. The van der Waals surface area contributed by atoms with Gasteiger partial charge in [-0.25, -0.2) is 0 Å². The average Bonchev–Trinajstić information content (AvgIpc) is 2.43. The summed E-state index contributed by atoms with van der Waals surface area (Å²) in [5.41, 5.74) is 0.572. The van der Waals surface area contributed by atoms with Crippen LogP contribution in [0.3, 0.4) is 0 Å². The molecule has 0 saturated carbocycles. The van der Waals surface area contributed by atoms with E-state index in [1.165, 1.54) is 12.3 Å². The zero-order chi connectivity index (χ0) is 13.4. The Kier molecular flexibility index (Phi) is 3.04. The Labute approximate surface area is 113 Å². The van der Waals surface area contributed by atoms with Gasteiger partial charge < -0.3 is 19.6 Å². The summed E-state index contributed by atoms with van der Waals surface area (Å²) in [6.45, 7) is 2.28. The lowest BCUT2D eigenvalue weighted by molar-refractivity contribution is -0.463. The summed E-state index contributed by atoms with van der Waals surface area (Å²) in [6.07, 6.45) is 1.30. The minimum absolute atomic E-state index is 0.270. The van der Waals surface area contributed by atoms with Gasteiger partial charge in [-0.1, -0.05) is 11.6 Å². The third kappa shape index (κ3) is 2.13. The number of benzene rings is 1. The number of rotatable bonds is 1. The molecule has 1 aromatic carbocycles. The van der Waals surface area contributed by atoms with Crippen LogP contribution >= 0.6 is 11.6 Å². The van der Waals surface area contributed by atoms with Crippen LogP contribution in [-0.4, -0.2) is 31.0 Å². The van der Waals surface area contributed by atoms with Gasteiger partial charge in [-0.3, -0.25) is 0 Å². The molecule has 0 bridgehead atoms. The largest absolute Gasteiger partial charge is 0.804 e. The molecular weight excluding hydrogens is 270 g/mol. The molecule has 1 saturated heterocycles. The second kappa shape index (κ2) is 4.71. The van der Waals surface area contributed by atoms with Crippen molar-refractivity contribution in [2.75, 3.05) is 31.2 Å². The quantitative estimate of drug-likeness (QED) is 0.741. The molecule has 0 atom stereocenters. The number of morpholine rings is 1. The molecule has 1 aliphatic rings. The van der Waals surface area contributed by atoms with Crippen molar-refractivity contribution in [3.05, 3.63) is 39.5 Å². The topological polar surface area (TPSA) is 63.4 Å². The standard InChI is InChI=1S/C12H12ClN3O3/c13-9-1-2-10-11(7-9)16(18)12(8-15(10)17)14-3-5-19-6-4-14/h1-2,7-8H,3-6H2. The van der Waals surface area contributed by atoms with Crippen LogP contribution in [0, 0.1) is 10.1 Å². The van der Waals surface area contributed by atoms with Crippen LogP contribution in [0.5, 0.6) is 0 Å². The molecule has 0 radical (unpaired) electrons. The van der Waals surface area contributed by atoms with Gasteiger partial charge in [0.05, 0.1) is 17.6 Å². The minimum Gasteiger partial charge on any atom is -0.804 e. The van der Waals surface area contributed by atoms with E-state index in [9.17, 15) is 10.1 Å². The zero-order valence-corrected chi connectivity index (χ0v) is 10.8. The van der Waals surface area contributed by atoms with Crippen molar-refractivity contribution >= 4 is 28.5 Å². The van der Waals surface area contributed by atoms with E-state index in [1.54, 1.807) is 12.1 Å². The maximum Gasteiger partial charge on any atom is 0.286 e. The molecule has 0 aliphatic carbocycles. The maximum atomic E-state index is 12.4. The Balaban J connectivity index is 2.20. The fourth-order valence-corrected chi connectivity index (χ4v) is 2.36. The molecule has 100 valence electrons. The van der Waals surface area contributed by atoms with Crippen molar-refractivity contribution in [2.24, 2.45) is 0 Å². The fourth-order valence-electron chi connectivity index (χ4n) is 2.20. The van der Waals surface area contributed by atoms with E-state index in [1.807, 2.05) is 4.90 Å². The Morgan fingerprint density at radius 1 is 1.32 bits per heavy atom. The predicted octanol–water partition coefficient (Wildman–Crippen LogP) is 1.39. The van der Waals surface area contributed by atoms with Crippen molar-refractivity contribution in [1.82, 2.24) is 4.73 Å². The molecule has 0 N–H and O–H groups in total. The van der Waals surface area contributed by atoms with E-state index >= 15 is 0 Å². The summed E-state index contributed by atoms with van der Waals surface area (Å²) >= 11 is 5.88. The van der Waals surface area contributed by atoms with Gasteiger partial charge in [0.15, 0.2) is 5.82 Å². The Bertz CT molecular complexity index is 680. The van der Waals surface area contributed by atoms with Crippen LogP contribution in [0.15, 0.2) is 24.4 Å². The summed E-state index contributed by atoms with van der Waals surface area (Å²) in [6, 6.07) is 4.64. The SMILES string of the molecule is O=[n+]1cc(N2CCOCC2)n([O-])c2cc(Cl)ccc21. The highest BCUT2D eigenvalue weighted by atomic mass is 35.5. The lowest BCUT2D eigenvalue weighted by Gasteiger charge is -2.31. The van der Waals surface area contributed by atoms with Gasteiger partial charge in [-0.2, -0.15) is 0 Å². The summed E-state index contributed by atoms with van der Waals surface area (Å²) in [5.74, 6) is 0.327. The highest BCUT2D eigenvalue weighted by Gasteiger charge is 2.19. The molecule has 1 fully saturated rings. The lowest BCUT2D eigenvalue weighted by Crippen LogP contribution is -2.39. The molecule has 2 heterocycles. The summed E-state index contributed by atoms with van der Waals surface area (Å²) in [5, 5.41) is 12.8. The first kappa shape index (κ1) is 12.3. The average molecular weight is 282 g/mol. The minimum atomic E-state index is 0.270. The second-order valence-corrected chi connectivity index (χ2v) is 4.78. The molecule has 6 nitrogen and oxygen atoms in total. The zero-order valence-electron chi connectivity index (χ0n) is 10.1. The third-order valence-electron chi connectivity index (χ3n) is 3.17. The first-order valence-corrected chi connectivity index (χ1v) is 6.32. The van der Waals surface area contributed by atoms with E-state index in [-0.39, 0.29) is 5.52 Å². The van der Waals surface area contributed by atoms with Gasteiger partial charge in [0.25, 0.3) is 11.7 Å². The Morgan fingerprint density at radius 2 is 2.05 bits per heavy atom. The normalized spacial score (nSPS) is 15.9. The summed E-state index contributed by atoms with van der Waals surface area (Å²) in [4.78, 5) is 13.8. The van der Waals surface area contributed by atoms with Crippen LogP contribution in [0.1, 0.15) is 0 Å².